The van der Waals surface area contributed by atoms with E-state index in [-0.39, 0.29) is 30.4 Å². The second-order valence-electron chi connectivity index (χ2n) is 8.91. The first kappa shape index (κ1) is 25.2. The number of hydrogen-bond donors (Lipinski definition) is 2. The average Bonchev–Trinajstić information content (AvgIpc) is 3.47. The van der Waals surface area contributed by atoms with Gasteiger partial charge in [0.2, 0.25) is 5.79 Å². The van der Waals surface area contributed by atoms with E-state index in [0.717, 1.165) is 16.7 Å². The smallest absolute Gasteiger partial charge is 0.335 e. The standard InChI is InChI=1S/C25H31N3O6/c1-14-7-10-20(26-12-14)28-24(31)27-19-11-18(19)22-15(2)8-9-17(16(3)29)23(22)34-25(4,5)33-21(30)13-32-6/h7-10,12,18-19H,11,13H2,1-6H3,(H2,26,27,28,31). The maximum Gasteiger partial charge on any atom is 0.335 e. The van der Waals surface area contributed by atoms with E-state index in [1.54, 1.807) is 32.2 Å². The lowest BCUT2D eigenvalue weighted by Crippen LogP contribution is -2.36. The minimum absolute atomic E-state index is 0.0588. The van der Waals surface area contributed by atoms with Crippen LogP contribution in [0.1, 0.15) is 60.2 Å². The monoisotopic (exact) mass is 469 g/mol. The van der Waals surface area contributed by atoms with Gasteiger partial charge in [-0.2, -0.15) is 0 Å². The Bertz CT molecular complexity index is 1080. The number of nitrogens with zero attached hydrogens (tertiary/aromatic N) is 1. The summed E-state index contributed by atoms with van der Waals surface area (Å²) >= 11 is 0. The van der Waals surface area contributed by atoms with Gasteiger partial charge in [0.15, 0.2) is 5.78 Å². The minimum atomic E-state index is -1.34. The van der Waals surface area contributed by atoms with Crippen LogP contribution in [0.4, 0.5) is 10.6 Å². The Morgan fingerprint density at radius 2 is 1.88 bits per heavy atom. The second-order valence-corrected chi connectivity index (χ2v) is 8.91. The Balaban J connectivity index is 1.79. The van der Waals surface area contributed by atoms with Gasteiger partial charge in [0, 0.05) is 44.7 Å². The number of anilines is 1. The van der Waals surface area contributed by atoms with E-state index in [1.807, 2.05) is 26.0 Å². The molecule has 1 aromatic carbocycles. The summed E-state index contributed by atoms with van der Waals surface area (Å²) in [5, 5.41) is 5.68. The van der Waals surface area contributed by atoms with Gasteiger partial charge < -0.3 is 19.5 Å². The van der Waals surface area contributed by atoms with Crippen LogP contribution in [0, 0.1) is 13.8 Å². The number of rotatable bonds is 9. The third-order valence-corrected chi connectivity index (χ3v) is 5.39. The third kappa shape index (κ3) is 6.32. The number of ether oxygens (including phenoxy) is 3. The van der Waals surface area contributed by atoms with Crippen molar-refractivity contribution in [1.29, 1.82) is 0 Å². The Kier molecular flexibility index (Phi) is 7.56. The number of hydrogen-bond acceptors (Lipinski definition) is 7. The summed E-state index contributed by atoms with van der Waals surface area (Å²) in [5.74, 6) is -1.34. The molecule has 1 saturated carbocycles. The van der Waals surface area contributed by atoms with Gasteiger partial charge in [0.05, 0.1) is 5.56 Å². The Morgan fingerprint density at radius 3 is 2.50 bits per heavy atom. The van der Waals surface area contributed by atoms with Crippen LogP contribution in [-0.4, -0.2) is 48.3 Å². The zero-order valence-corrected chi connectivity index (χ0v) is 20.4. The van der Waals surface area contributed by atoms with Crippen LogP contribution in [0.2, 0.25) is 0 Å². The van der Waals surface area contributed by atoms with Crippen LogP contribution in [0.25, 0.3) is 0 Å². The number of nitrogens with one attached hydrogen (secondary N) is 2. The molecule has 2 N–H and O–H groups in total. The van der Waals surface area contributed by atoms with Crippen molar-refractivity contribution in [2.24, 2.45) is 0 Å². The van der Waals surface area contributed by atoms with Gasteiger partial charge in [-0.25, -0.2) is 14.6 Å². The van der Waals surface area contributed by atoms with Crippen molar-refractivity contribution in [3.8, 4) is 5.75 Å². The summed E-state index contributed by atoms with van der Waals surface area (Å²) < 4.78 is 16.3. The SMILES string of the molecule is COCC(=O)OC(C)(C)Oc1c(C(C)=O)ccc(C)c1C1CC1NC(=O)Nc1ccc(C)cn1. The number of Topliss-reactive ketones (excluding diaryl/α,β-unsaturated/α-hetero) is 1. The summed E-state index contributed by atoms with van der Waals surface area (Å²) in [6.45, 7) is 8.27. The maximum atomic E-state index is 12.5. The number of carbonyl (C=O) groups excluding carboxylic acids is 3. The van der Waals surface area contributed by atoms with E-state index in [0.29, 0.717) is 23.6 Å². The molecule has 0 bridgehead atoms. The molecule has 2 atom stereocenters. The maximum absolute atomic E-state index is 12.5. The van der Waals surface area contributed by atoms with Crippen molar-refractivity contribution in [2.75, 3.05) is 19.0 Å². The molecule has 2 amide bonds. The van der Waals surface area contributed by atoms with E-state index in [4.69, 9.17) is 14.2 Å². The molecule has 1 aliphatic carbocycles. The lowest BCUT2D eigenvalue weighted by Gasteiger charge is -2.29. The molecule has 2 aromatic rings. The highest BCUT2D eigenvalue weighted by molar-refractivity contribution is 5.97. The normalized spacial score (nSPS) is 17.0. The molecule has 0 saturated heterocycles. The van der Waals surface area contributed by atoms with Crippen LogP contribution in [0.15, 0.2) is 30.5 Å². The van der Waals surface area contributed by atoms with Gasteiger partial charge >= 0.3 is 12.0 Å². The van der Waals surface area contributed by atoms with Gasteiger partial charge in [0.25, 0.3) is 0 Å². The van der Waals surface area contributed by atoms with Crippen LogP contribution in [-0.2, 0) is 14.3 Å². The summed E-state index contributed by atoms with van der Waals surface area (Å²) in [6, 6.07) is 6.65. The quantitative estimate of drug-likeness (QED) is 0.325. The fraction of sp³-hybridized carbons (Fsp3) is 0.440. The average molecular weight is 470 g/mol. The predicted molar refractivity (Wildman–Crippen MR) is 126 cm³/mol. The van der Waals surface area contributed by atoms with E-state index < -0.39 is 11.8 Å². The summed E-state index contributed by atoms with van der Waals surface area (Å²) in [6.07, 6.45) is 2.36. The highest BCUT2D eigenvalue weighted by atomic mass is 16.7. The first-order valence-electron chi connectivity index (χ1n) is 11.0. The molecule has 9 heteroatoms. The summed E-state index contributed by atoms with van der Waals surface area (Å²) in [5.41, 5.74) is 3.10. The Labute approximate surface area is 199 Å². The lowest BCUT2D eigenvalue weighted by atomic mass is 9.97. The van der Waals surface area contributed by atoms with Crippen molar-refractivity contribution in [3.05, 3.63) is 52.7 Å². The van der Waals surface area contributed by atoms with Crippen LogP contribution in [0.3, 0.4) is 0 Å². The molecule has 34 heavy (non-hydrogen) atoms. The zero-order valence-electron chi connectivity index (χ0n) is 20.4. The second kappa shape index (κ2) is 10.2. The van der Waals surface area contributed by atoms with Crippen molar-refractivity contribution in [3.63, 3.8) is 0 Å². The number of methoxy groups -OCH3 is 1. The number of ketones is 1. The Hall–Kier alpha value is -3.46. The molecule has 1 fully saturated rings. The van der Waals surface area contributed by atoms with E-state index in [2.05, 4.69) is 15.6 Å². The first-order chi connectivity index (χ1) is 16.0. The van der Waals surface area contributed by atoms with Crippen molar-refractivity contribution in [2.45, 2.75) is 58.8 Å². The zero-order chi connectivity index (χ0) is 25.0. The largest absolute Gasteiger partial charge is 0.452 e. The van der Waals surface area contributed by atoms with Gasteiger partial charge in [-0.1, -0.05) is 12.1 Å². The molecule has 0 aliphatic heterocycles. The number of aromatic nitrogens is 1. The molecular weight excluding hydrogens is 438 g/mol. The van der Waals surface area contributed by atoms with Crippen LogP contribution < -0.4 is 15.4 Å². The number of carbonyl (C=O) groups is 3. The highest BCUT2D eigenvalue weighted by Gasteiger charge is 2.44. The summed E-state index contributed by atoms with van der Waals surface area (Å²) in [4.78, 5) is 41.0. The lowest BCUT2D eigenvalue weighted by molar-refractivity contribution is -0.190. The molecule has 182 valence electrons. The highest BCUT2D eigenvalue weighted by Crippen LogP contribution is 2.48. The van der Waals surface area contributed by atoms with Gasteiger partial charge in [-0.15, -0.1) is 0 Å². The molecule has 3 rings (SSSR count). The number of esters is 1. The van der Waals surface area contributed by atoms with Gasteiger partial charge in [0.1, 0.15) is 18.2 Å². The summed E-state index contributed by atoms with van der Waals surface area (Å²) in [7, 11) is 1.40. The van der Waals surface area contributed by atoms with E-state index >= 15 is 0 Å². The fourth-order valence-electron chi connectivity index (χ4n) is 3.77. The van der Waals surface area contributed by atoms with E-state index in [1.165, 1.54) is 14.0 Å². The van der Waals surface area contributed by atoms with Crippen molar-refractivity contribution >= 4 is 23.6 Å². The molecule has 1 aromatic heterocycles. The predicted octanol–water partition coefficient (Wildman–Crippen LogP) is 3.88. The fourth-order valence-corrected chi connectivity index (χ4v) is 3.77. The van der Waals surface area contributed by atoms with Crippen LogP contribution >= 0.6 is 0 Å². The number of benzene rings is 1. The third-order valence-electron chi connectivity index (χ3n) is 5.39. The molecule has 2 unspecified atom stereocenters. The van der Waals surface area contributed by atoms with Crippen LogP contribution in [0.5, 0.6) is 5.75 Å². The Morgan fingerprint density at radius 1 is 1.15 bits per heavy atom. The number of aryl methyl sites for hydroxylation is 2. The number of pyridine rings is 1. The minimum Gasteiger partial charge on any atom is -0.452 e. The molecule has 1 aliphatic rings. The number of amides is 2. The topological polar surface area (TPSA) is 116 Å². The van der Waals surface area contributed by atoms with E-state index in [9.17, 15) is 14.4 Å². The molecule has 0 spiro atoms. The molecular formula is C25H31N3O6. The molecule has 0 radical (unpaired) electrons. The van der Waals surface area contributed by atoms with Crippen molar-refractivity contribution < 1.29 is 28.6 Å². The van der Waals surface area contributed by atoms with Gasteiger partial charge in [-0.3, -0.25) is 10.1 Å². The van der Waals surface area contributed by atoms with Gasteiger partial charge in [-0.05, 0) is 50.5 Å². The molecule has 1 heterocycles. The first-order valence-corrected chi connectivity index (χ1v) is 11.0. The van der Waals surface area contributed by atoms with Crippen molar-refractivity contribution in [1.82, 2.24) is 10.3 Å². The number of urea groups is 1. The molecule has 9 nitrogen and oxygen atoms in total.